The highest BCUT2D eigenvalue weighted by atomic mass is 32.2. The number of fused-ring (bicyclic) bond motifs is 1. The van der Waals surface area contributed by atoms with Crippen LogP contribution in [0.15, 0.2) is 53.4 Å². The van der Waals surface area contributed by atoms with Crippen molar-refractivity contribution in [2.75, 3.05) is 42.5 Å². The van der Waals surface area contributed by atoms with Gasteiger partial charge in [0.25, 0.3) is 0 Å². The van der Waals surface area contributed by atoms with Crippen molar-refractivity contribution in [1.29, 1.82) is 0 Å². The first-order valence-corrected chi connectivity index (χ1v) is 12.5. The van der Waals surface area contributed by atoms with Gasteiger partial charge in [0, 0.05) is 55.4 Å². The Morgan fingerprint density at radius 3 is 2.29 bits per heavy atom. The van der Waals surface area contributed by atoms with Crippen LogP contribution in [-0.2, 0) is 20.2 Å². The fraction of sp³-hybridized carbons (Fsp3) is 0.458. The molecule has 0 aromatic heterocycles. The number of amides is 1. The van der Waals surface area contributed by atoms with Crippen LogP contribution in [0.3, 0.4) is 0 Å². The van der Waals surface area contributed by atoms with Crippen LogP contribution in [0, 0.1) is 5.92 Å². The van der Waals surface area contributed by atoms with E-state index in [2.05, 4.69) is 30.9 Å². The van der Waals surface area contributed by atoms with Crippen LogP contribution in [0.25, 0.3) is 0 Å². The lowest BCUT2D eigenvalue weighted by molar-refractivity contribution is -0.119. The fourth-order valence-electron chi connectivity index (χ4n) is 4.74. The summed E-state index contributed by atoms with van der Waals surface area (Å²) in [6.07, 6.45) is 1.93. The summed E-state index contributed by atoms with van der Waals surface area (Å²) in [7, 11) is -3.58. The smallest absolute Gasteiger partial charge is 0.243 e. The number of sulfonamides is 1. The molecule has 1 saturated carbocycles. The van der Waals surface area contributed by atoms with Gasteiger partial charge in [-0.05, 0) is 48.7 Å². The molecule has 3 aliphatic rings. The van der Waals surface area contributed by atoms with Crippen molar-refractivity contribution in [3.05, 3.63) is 54.1 Å². The van der Waals surface area contributed by atoms with E-state index in [1.807, 2.05) is 29.2 Å². The first-order chi connectivity index (χ1) is 14.8. The molecule has 2 aliphatic heterocycles. The summed E-state index contributed by atoms with van der Waals surface area (Å²) in [5.41, 5.74) is 2.68. The van der Waals surface area contributed by atoms with Gasteiger partial charge in [0.2, 0.25) is 15.9 Å². The van der Waals surface area contributed by atoms with Crippen molar-refractivity contribution < 1.29 is 13.2 Å². The summed E-state index contributed by atoms with van der Waals surface area (Å²) >= 11 is 0. The second kappa shape index (κ2) is 7.35. The fourth-order valence-corrected chi connectivity index (χ4v) is 6.19. The Kier molecular flexibility index (Phi) is 4.86. The predicted octanol–water partition coefficient (Wildman–Crippen LogP) is 3.23. The summed E-state index contributed by atoms with van der Waals surface area (Å²) in [6, 6.07) is 15.4. The zero-order chi connectivity index (χ0) is 21.8. The molecule has 0 spiro atoms. The molecule has 0 atom stereocenters. The molecule has 0 unspecified atom stereocenters. The zero-order valence-corrected chi connectivity index (χ0v) is 18.9. The number of nitrogens with zero attached hydrogens (tertiary/aromatic N) is 3. The highest BCUT2D eigenvalue weighted by Crippen LogP contribution is 2.44. The molecule has 0 bridgehead atoms. The molecule has 2 aromatic rings. The van der Waals surface area contributed by atoms with Gasteiger partial charge in [0.1, 0.15) is 0 Å². The molecule has 164 valence electrons. The van der Waals surface area contributed by atoms with Crippen molar-refractivity contribution in [2.45, 2.75) is 37.0 Å². The van der Waals surface area contributed by atoms with Crippen LogP contribution >= 0.6 is 0 Å². The minimum atomic E-state index is -3.58. The average molecular weight is 440 g/mol. The van der Waals surface area contributed by atoms with Crippen molar-refractivity contribution in [1.82, 2.24) is 4.31 Å². The van der Waals surface area contributed by atoms with Gasteiger partial charge in [-0.3, -0.25) is 4.79 Å². The van der Waals surface area contributed by atoms with Gasteiger partial charge < -0.3 is 9.80 Å². The quantitative estimate of drug-likeness (QED) is 0.734. The highest BCUT2D eigenvalue weighted by molar-refractivity contribution is 7.89. The van der Waals surface area contributed by atoms with E-state index in [1.165, 1.54) is 0 Å². The van der Waals surface area contributed by atoms with E-state index in [4.69, 9.17) is 0 Å². The number of carbonyl (C=O) groups is 1. The number of benzene rings is 2. The van der Waals surface area contributed by atoms with E-state index in [0.717, 1.165) is 29.8 Å². The lowest BCUT2D eigenvalue weighted by atomic mass is 9.87. The van der Waals surface area contributed by atoms with Gasteiger partial charge in [-0.15, -0.1) is 0 Å². The second-order valence-electron chi connectivity index (χ2n) is 9.49. The van der Waals surface area contributed by atoms with Crippen LogP contribution in [0.2, 0.25) is 0 Å². The summed E-state index contributed by atoms with van der Waals surface area (Å²) in [4.78, 5) is 17.1. The third kappa shape index (κ3) is 3.64. The van der Waals surface area contributed by atoms with E-state index >= 15 is 0 Å². The molecule has 1 aliphatic carbocycles. The van der Waals surface area contributed by atoms with Crippen LogP contribution in [-0.4, -0.2) is 51.4 Å². The summed E-state index contributed by atoms with van der Waals surface area (Å²) in [5, 5.41) is 0. The first-order valence-electron chi connectivity index (χ1n) is 11.0. The molecule has 0 radical (unpaired) electrons. The van der Waals surface area contributed by atoms with Crippen LogP contribution in [0.1, 0.15) is 32.3 Å². The lowest BCUT2D eigenvalue weighted by Crippen LogP contribution is -2.48. The van der Waals surface area contributed by atoms with Crippen molar-refractivity contribution >= 4 is 27.3 Å². The summed E-state index contributed by atoms with van der Waals surface area (Å²) < 4.78 is 28.4. The number of hydrogen-bond acceptors (Lipinski definition) is 4. The number of piperazine rings is 1. The van der Waals surface area contributed by atoms with Crippen LogP contribution in [0.4, 0.5) is 11.4 Å². The monoisotopic (exact) mass is 439 g/mol. The highest BCUT2D eigenvalue weighted by Gasteiger charge is 2.43. The Morgan fingerprint density at radius 2 is 1.65 bits per heavy atom. The van der Waals surface area contributed by atoms with Gasteiger partial charge in [0.15, 0.2) is 0 Å². The molecule has 0 N–H and O–H groups in total. The number of hydrogen-bond donors (Lipinski definition) is 0. The molecular weight excluding hydrogens is 410 g/mol. The molecule has 7 heteroatoms. The molecule has 2 fully saturated rings. The molecule has 2 aromatic carbocycles. The molecule has 5 rings (SSSR count). The van der Waals surface area contributed by atoms with Crippen LogP contribution < -0.4 is 9.80 Å². The normalized spacial score (nSPS) is 21.2. The number of rotatable bonds is 4. The SMILES string of the molecule is CC1(C)CN(C(=O)C2CC2)c2ccc(S(=O)(=O)N3CCN(c4ccccc4)CC3)cc21. The van der Waals surface area contributed by atoms with Gasteiger partial charge in [-0.2, -0.15) is 4.31 Å². The minimum absolute atomic E-state index is 0.145. The topological polar surface area (TPSA) is 60.9 Å². The Balaban J connectivity index is 1.37. The first kappa shape index (κ1) is 20.5. The minimum Gasteiger partial charge on any atom is -0.369 e. The number of para-hydroxylation sites is 1. The van der Waals surface area contributed by atoms with Gasteiger partial charge >= 0.3 is 0 Å². The maximum absolute atomic E-state index is 13.4. The van der Waals surface area contributed by atoms with Crippen molar-refractivity contribution in [3.8, 4) is 0 Å². The summed E-state index contributed by atoms with van der Waals surface area (Å²) in [5.74, 6) is 0.325. The molecule has 2 heterocycles. The Labute approximate surface area is 184 Å². The van der Waals surface area contributed by atoms with E-state index in [-0.39, 0.29) is 17.2 Å². The second-order valence-corrected chi connectivity index (χ2v) is 11.4. The lowest BCUT2D eigenvalue weighted by Gasteiger charge is -2.35. The standard InChI is InChI=1S/C24H29N3O3S/c1-24(2)17-27(23(28)18-8-9-18)22-11-10-20(16-21(22)24)31(29,30)26-14-12-25(13-15-26)19-6-4-3-5-7-19/h3-7,10-11,16,18H,8-9,12-15,17H2,1-2H3. The van der Waals surface area contributed by atoms with Crippen LogP contribution in [0.5, 0.6) is 0 Å². The number of carbonyl (C=O) groups excluding carboxylic acids is 1. The van der Waals surface area contributed by atoms with Crippen molar-refractivity contribution in [3.63, 3.8) is 0 Å². The molecular formula is C24H29N3O3S. The Bertz CT molecular complexity index is 1100. The zero-order valence-electron chi connectivity index (χ0n) is 18.1. The van der Waals surface area contributed by atoms with Gasteiger partial charge in [-0.25, -0.2) is 8.42 Å². The maximum Gasteiger partial charge on any atom is 0.243 e. The third-order valence-electron chi connectivity index (χ3n) is 6.73. The average Bonchev–Trinajstić information content (AvgIpc) is 3.59. The maximum atomic E-state index is 13.4. The predicted molar refractivity (Wildman–Crippen MR) is 122 cm³/mol. The number of anilines is 2. The largest absolute Gasteiger partial charge is 0.369 e. The Morgan fingerprint density at radius 1 is 0.968 bits per heavy atom. The summed E-state index contributed by atoms with van der Waals surface area (Å²) in [6.45, 7) is 7.04. The Hall–Kier alpha value is -2.38. The third-order valence-corrected chi connectivity index (χ3v) is 8.63. The molecule has 1 saturated heterocycles. The van der Waals surface area contributed by atoms with Gasteiger partial charge in [0.05, 0.1) is 4.90 Å². The van der Waals surface area contributed by atoms with E-state index in [1.54, 1.807) is 16.4 Å². The van der Waals surface area contributed by atoms with Gasteiger partial charge in [-0.1, -0.05) is 32.0 Å². The molecule has 31 heavy (non-hydrogen) atoms. The molecule has 1 amide bonds. The van der Waals surface area contributed by atoms with Crippen molar-refractivity contribution in [2.24, 2.45) is 5.92 Å². The van der Waals surface area contributed by atoms with E-state index in [0.29, 0.717) is 37.6 Å². The van der Waals surface area contributed by atoms with E-state index < -0.39 is 10.0 Å². The molecule has 6 nitrogen and oxygen atoms in total. The van der Waals surface area contributed by atoms with E-state index in [9.17, 15) is 13.2 Å².